The highest BCUT2D eigenvalue weighted by Crippen LogP contribution is 2.46. The van der Waals surface area contributed by atoms with Gasteiger partial charge in [0.05, 0.1) is 0 Å². The summed E-state index contributed by atoms with van der Waals surface area (Å²) in [6.45, 7) is 0. The molecule has 2 heteroatoms. The SMILES string of the molecule is Oc1ccc2c(c1)O2. The zero-order valence-corrected chi connectivity index (χ0v) is 4.09. The summed E-state index contributed by atoms with van der Waals surface area (Å²) in [7, 11) is 0. The topological polar surface area (TPSA) is 32.8 Å². The fraction of sp³-hybridized carbons (Fsp3) is 0. The molecule has 0 saturated heterocycles. The van der Waals surface area contributed by atoms with E-state index in [1.54, 1.807) is 18.2 Å². The van der Waals surface area contributed by atoms with Crippen molar-refractivity contribution in [1.29, 1.82) is 0 Å². The minimum Gasteiger partial charge on any atom is -0.508 e. The Balaban J connectivity index is 2.64. The average molecular weight is 108 g/mol. The summed E-state index contributed by atoms with van der Waals surface area (Å²) in [4.78, 5) is 0. The van der Waals surface area contributed by atoms with Crippen molar-refractivity contribution in [3.63, 3.8) is 0 Å². The summed E-state index contributed by atoms with van der Waals surface area (Å²) < 4.78 is 4.86. The van der Waals surface area contributed by atoms with Gasteiger partial charge in [0.15, 0.2) is 11.5 Å². The Morgan fingerprint density at radius 2 is 2.12 bits per heavy atom. The molecule has 0 unspecified atom stereocenters. The van der Waals surface area contributed by atoms with Crippen molar-refractivity contribution in [2.45, 2.75) is 0 Å². The second kappa shape index (κ2) is 0.968. The van der Waals surface area contributed by atoms with Gasteiger partial charge in [-0.25, -0.2) is 0 Å². The van der Waals surface area contributed by atoms with Crippen molar-refractivity contribution in [3.05, 3.63) is 18.2 Å². The van der Waals surface area contributed by atoms with Crippen LogP contribution in [0.15, 0.2) is 18.2 Å². The van der Waals surface area contributed by atoms with E-state index >= 15 is 0 Å². The number of rotatable bonds is 0. The fourth-order valence-electron chi connectivity index (χ4n) is 0.653. The molecule has 0 atom stereocenters. The van der Waals surface area contributed by atoms with Crippen LogP contribution >= 0.6 is 0 Å². The summed E-state index contributed by atoms with van der Waals surface area (Å²) in [6.07, 6.45) is 0. The third-order valence-electron chi connectivity index (χ3n) is 1.11. The number of phenolic OH excluding ortho intramolecular Hbond substituents is 1. The van der Waals surface area contributed by atoms with E-state index in [-0.39, 0.29) is 5.75 Å². The van der Waals surface area contributed by atoms with Crippen molar-refractivity contribution in [2.24, 2.45) is 0 Å². The molecule has 8 heavy (non-hydrogen) atoms. The fourth-order valence-corrected chi connectivity index (χ4v) is 0.653. The van der Waals surface area contributed by atoms with Crippen LogP contribution in [0.2, 0.25) is 0 Å². The number of aromatic hydroxyl groups is 1. The quantitative estimate of drug-likeness (QED) is 0.518. The molecule has 1 N–H and O–H groups in total. The van der Waals surface area contributed by atoms with Gasteiger partial charge in [-0.2, -0.15) is 0 Å². The van der Waals surface area contributed by atoms with Gasteiger partial charge in [0.1, 0.15) is 5.75 Å². The number of ether oxygens (including phenoxy) is 1. The largest absolute Gasteiger partial charge is 0.508 e. The molecule has 1 aromatic rings. The maximum Gasteiger partial charge on any atom is 0.173 e. The minimum absolute atomic E-state index is 0.265. The zero-order valence-electron chi connectivity index (χ0n) is 4.09. The highest BCUT2D eigenvalue weighted by atomic mass is 16.6. The van der Waals surface area contributed by atoms with E-state index in [0.717, 1.165) is 11.5 Å². The second-order valence-corrected chi connectivity index (χ2v) is 1.73. The Morgan fingerprint density at radius 1 is 1.25 bits per heavy atom. The Kier molecular flexibility index (Phi) is 0.457. The van der Waals surface area contributed by atoms with Gasteiger partial charge in [0.2, 0.25) is 0 Å². The molecule has 0 saturated carbocycles. The Labute approximate surface area is 46.3 Å². The molecule has 1 heterocycles. The van der Waals surface area contributed by atoms with Gasteiger partial charge >= 0.3 is 0 Å². The van der Waals surface area contributed by atoms with E-state index in [2.05, 4.69) is 0 Å². The lowest BCUT2D eigenvalue weighted by molar-refractivity contribution is 0.475. The third kappa shape index (κ3) is 0.368. The van der Waals surface area contributed by atoms with Crippen molar-refractivity contribution >= 4 is 0 Å². The summed E-state index contributed by atoms with van der Waals surface area (Å²) in [5.74, 6) is 1.94. The Bertz CT molecular complexity index is 229. The van der Waals surface area contributed by atoms with E-state index in [1.807, 2.05) is 0 Å². The van der Waals surface area contributed by atoms with Crippen molar-refractivity contribution in [2.75, 3.05) is 0 Å². The normalized spacial score (nSPS) is 12.0. The predicted octanol–water partition coefficient (Wildman–Crippen LogP) is 1.50. The van der Waals surface area contributed by atoms with Crippen LogP contribution < -0.4 is 4.74 Å². The first kappa shape index (κ1) is 3.78. The molecule has 0 fully saturated rings. The van der Waals surface area contributed by atoms with E-state index in [9.17, 15) is 0 Å². The Hall–Kier alpha value is -1.18. The van der Waals surface area contributed by atoms with Gasteiger partial charge in [0.25, 0.3) is 0 Å². The van der Waals surface area contributed by atoms with Crippen LogP contribution in [0, 0.1) is 0 Å². The monoisotopic (exact) mass is 108 g/mol. The summed E-state index contributed by atoms with van der Waals surface area (Å²) in [5.41, 5.74) is 0. The highest BCUT2D eigenvalue weighted by molar-refractivity contribution is 5.56. The second-order valence-electron chi connectivity index (χ2n) is 1.73. The first-order valence-electron chi connectivity index (χ1n) is 2.37. The average Bonchev–Trinajstić information content (AvgIpc) is 2.43. The number of hydrogen-bond donors (Lipinski definition) is 1. The van der Waals surface area contributed by atoms with Crippen molar-refractivity contribution in [1.82, 2.24) is 0 Å². The van der Waals surface area contributed by atoms with Gasteiger partial charge < -0.3 is 9.84 Å². The maximum absolute atomic E-state index is 8.77. The molecular weight excluding hydrogens is 104 g/mol. The van der Waals surface area contributed by atoms with Gasteiger partial charge in [-0.15, -0.1) is 0 Å². The van der Waals surface area contributed by atoms with E-state index in [4.69, 9.17) is 9.84 Å². The highest BCUT2D eigenvalue weighted by Gasteiger charge is 2.18. The summed E-state index contributed by atoms with van der Waals surface area (Å²) in [6, 6.07) is 4.94. The molecule has 40 valence electrons. The summed E-state index contributed by atoms with van der Waals surface area (Å²) in [5, 5.41) is 8.77. The molecule has 1 aliphatic heterocycles. The Morgan fingerprint density at radius 3 is 2.75 bits per heavy atom. The molecule has 1 aliphatic rings. The molecule has 0 bridgehead atoms. The van der Waals surface area contributed by atoms with Crippen LogP contribution in [0.5, 0.6) is 17.2 Å². The summed E-state index contributed by atoms with van der Waals surface area (Å²) >= 11 is 0. The number of hydrogen-bond acceptors (Lipinski definition) is 2. The molecule has 0 aliphatic carbocycles. The lowest BCUT2D eigenvalue weighted by atomic mass is 10.3. The van der Waals surface area contributed by atoms with Crippen LogP contribution in [-0.2, 0) is 0 Å². The van der Waals surface area contributed by atoms with Crippen LogP contribution in [0.4, 0.5) is 0 Å². The molecule has 0 aromatic heterocycles. The lowest BCUT2D eigenvalue weighted by Crippen LogP contribution is -1.50. The number of fused-ring (bicyclic) bond motifs is 1. The van der Waals surface area contributed by atoms with Gasteiger partial charge in [-0.05, 0) is 12.1 Å². The first-order valence-corrected chi connectivity index (χ1v) is 2.37. The third-order valence-corrected chi connectivity index (χ3v) is 1.11. The van der Waals surface area contributed by atoms with Crippen molar-refractivity contribution in [3.8, 4) is 17.2 Å². The van der Waals surface area contributed by atoms with Crippen LogP contribution in [0.25, 0.3) is 0 Å². The number of phenols is 1. The van der Waals surface area contributed by atoms with Crippen LogP contribution in [0.1, 0.15) is 0 Å². The van der Waals surface area contributed by atoms with E-state index in [0.29, 0.717) is 0 Å². The zero-order chi connectivity index (χ0) is 5.56. The predicted molar refractivity (Wildman–Crippen MR) is 28.2 cm³/mol. The molecule has 0 radical (unpaired) electrons. The smallest absolute Gasteiger partial charge is 0.173 e. The van der Waals surface area contributed by atoms with E-state index < -0.39 is 0 Å². The van der Waals surface area contributed by atoms with Gasteiger partial charge in [-0.3, -0.25) is 0 Å². The standard InChI is InChI=1S/C6H4O2/c7-4-1-2-5-6(3-4)8-5/h1-3,7H. The molecular formula is C6H4O2. The van der Waals surface area contributed by atoms with Crippen molar-refractivity contribution < 1.29 is 9.84 Å². The van der Waals surface area contributed by atoms with Gasteiger partial charge in [-0.1, -0.05) is 0 Å². The molecule has 1 aromatic carbocycles. The molecule has 0 spiro atoms. The van der Waals surface area contributed by atoms with E-state index in [1.165, 1.54) is 0 Å². The first-order chi connectivity index (χ1) is 3.86. The lowest BCUT2D eigenvalue weighted by Gasteiger charge is -1.78. The van der Waals surface area contributed by atoms with Crippen LogP contribution in [0.3, 0.4) is 0 Å². The maximum atomic E-state index is 8.77. The molecule has 2 nitrogen and oxygen atoms in total. The minimum atomic E-state index is 0.265. The number of benzene rings is 1. The molecule has 0 amide bonds. The van der Waals surface area contributed by atoms with Gasteiger partial charge in [0, 0.05) is 6.07 Å². The van der Waals surface area contributed by atoms with Crippen LogP contribution in [-0.4, -0.2) is 5.11 Å². The molecule has 2 rings (SSSR count).